The molecule has 5 heteroatoms. The Hall–Kier alpha value is -3.86. The molecule has 0 fully saturated rings. The molecule has 0 aliphatic carbocycles. The average Bonchev–Trinajstić information content (AvgIpc) is 2.89. The van der Waals surface area contributed by atoms with E-state index < -0.39 is 5.63 Å². The largest absolute Gasteiger partial charge is 0.497 e. The number of unbranched alkanes of at least 4 members (excludes halogenated alkanes) is 3. The molecular weight excluding hydrogens is 440 g/mol. The van der Waals surface area contributed by atoms with Crippen LogP contribution in [0.3, 0.4) is 0 Å². The minimum absolute atomic E-state index is 0.109. The third kappa shape index (κ3) is 5.99. The highest BCUT2D eigenvalue weighted by molar-refractivity contribution is 5.97. The predicted molar refractivity (Wildman–Crippen MR) is 139 cm³/mol. The smallest absolute Gasteiger partial charge is 0.336 e. The van der Waals surface area contributed by atoms with Gasteiger partial charge in [-0.05, 0) is 59.9 Å². The number of hydrogen-bond donors (Lipinski definition) is 0. The fourth-order valence-corrected chi connectivity index (χ4v) is 4.17. The maximum absolute atomic E-state index is 12.7. The van der Waals surface area contributed by atoms with Crippen LogP contribution in [0.5, 0.6) is 11.5 Å². The number of carbonyl (C=O) groups excluding carboxylic acids is 1. The monoisotopic (exact) mass is 470 g/mol. The second-order valence-corrected chi connectivity index (χ2v) is 8.55. The van der Waals surface area contributed by atoms with Gasteiger partial charge in [0.15, 0.2) is 12.4 Å². The van der Waals surface area contributed by atoms with Crippen LogP contribution in [-0.2, 0) is 6.42 Å². The molecule has 35 heavy (non-hydrogen) atoms. The third-order valence-corrected chi connectivity index (χ3v) is 6.08. The van der Waals surface area contributed by atoms with Crippen molar-refractivity contribution in [2.75, 3.05) is 13.7 Å². The first kappa shape index (κ1) is 24.3. The van der Waals surface area contributed by atoms with Crippen molar-refractivity contribution in [3.05, 3.63) is 94.3 Å². The van der Waals surface area contributed by atoms with Crippen LogP contribution in [0.25, 0.3) is 22.1 Å². The highest BCUT2D eigenvalue weighted by Crippen LogP contribution is 2.33. The molecule has 0 unspecified atom stereocenters. The Morgan fingerprint density at radius 1 is 0.914 bits per heavy atom. The van der Waals surface area contributed by atoms with Crippen molar-refractivity contribution in [2.45, 2.75) is 39.0 Å². The van der Waals surface area contributed by atoms with Crippen LogP contribution in [0.1, 0.15) is 48.5 Å². The van der Waals surface area contributed by atoms with Gasteiger partial charge in [-0.1, -0.05) is 56.5 Å². The van der Waals surface area contributed by atoms with Gasteiger partial charge in [0.2, 0.25) is 0 Å². The molecule has 180 valence electrons. The highest BCUT2D eigenvalue weighted by Gasteiger charge is 2.15. The normalized spacial score (nSPS) is 10.9. The molecule has 0 saturated heterocycles. The Bertz CT molecular complexity index is 1340. The highest BCUT2D eigenvalue weighted by atomic mass is 16.5. The molecule has 0 amide bonds. The van der Waals surface area contributed by atoms with Crippen LogP contribution in [0.4, 0.5) is 0 Å². The van der Waals surface area contributed by atoms with Crippen LogP contribution in [0, 0.1) is 0 Å². The van der Waals surface area contributed by atoms with E-state index in [4.69, 9.17) is 13.9 Å². The topological polar surface area (TPSA) is 65.7 Å². The molecule has 0 aliphatic heterocycles. The summed E-state index contributed by atoms with van der Waals surface area (Å²) in [6.07, 6.45) is 5.27. The molecule has 0 saturated carbocycles. The first-order valence-corrected chi connectivity index (χ1v) is 12.0. The number of fused-ring (bicyclic) bond motifs is 1. The fourth-order valence-electron chi connectivity index (χ4n) is 4.17. The lowest BCUT2D eigenvalue weighted by Gasteiger charge is -2.14. The van der Waals surface area contributed by atoms with Crippen LogP contribution in [0.2, 0.25) is 0 Å². The zero-order valence-electron chi connectivity index (χ0n) is 20.2. The maximum Gasteiger partial charge on any atom is 0.336 e. The minimum Gasteiger partial charge on any atom is -0.497 e. The zero-order valence-corrected chi connectivity index (χ0v) is 20.2. The predicted octanol–water partition coefficient (Wildman–Crippen LogP) is 6.85. The molecule has 4 rings (SSSR count). The number of carbonyl (C=O) groups is 1. The van der Waals surface area contributed by atoms with Gasteiger partial charge < -0.3 is 13.9 Å². The van der Waals surface area contributed by atoms with Gasteiger partial charge in [0, 0.05) is 23.1 Å². The van der Waals surface area contributed by atoms with Gasteiger partial charge in [-0.3, -0.25) is 4.79 Å². The second-order valence-electron chi connectivity index (χ2n) is 8.55. The number of benzene rings is 3. The van der Waals surface area contributed by atoms with Gasteiger partial charge in [-0.15, -0.1) is 0 Å². The van der Waals surface area contributed by atoms with Crippen molar-refractivity contribution in [1.29, 1.82) is 0 Å². The van der Waals surface area contributed by atoms with Crippen molar-refractivity contribution < 1.29 is 18.7 Å². The summed E-state index contributed by atoms with van der Waals surface area (Å²) in [5, 5.41) is 0.857. The molecule has 5 nitrogen and oxygen atoms in total. The molecule has 0 aliphatic rings. The van der Waals surface area contributed by atoms with E-state index in [0.717, 1.165) is 47.8 Å². The molecule has 1 heterocycles. The Kier molecular flexibility index (Phi) is 7.99. The number of methoxy groups -OCH3 is 1. The Balaban J connectivity index is 1.67. The van der Waals surface area contributed by atoms with Crippen molar-refractivity contribution in [1.82, 2.24) is 0 Å². The average molecular weight is 471 g/mol. The fraction of sp³-hybridized carbons (Fsp3) is 0.267. The van der Waals surface area contributed by atoms with Crippen molar-refractivity contribution in [3.63, 3.8) is 0 Å². The number of Topliss-reactive ketones (excluding diaryl/α,β-unsaturated/α-hetero) is 1. The molecule has 0 spiro atoms. The summed E-state index contributed by atoms with van der Waals surface area (Å²) in [7, 11) is 1.59. The van der Waals surface area contributed by atoms with Crippen molar-refractivity contribution >= 4 is 16.8 Å². The van der Waals surface area contributed by atoms with Crippen LogP contribution < -0.4 is 15.1 Å². The third-order valence-electron chi connectivity index (χ3n) is 6.08. The van der Waals surface area contributed by atoms with Crippen LogP contribution in [-0.4, -0.2) is 19.5 Å². The van der Waals surface area contributed by atoms with Gasteiger partial charge in [0.1, 0.15) is 17.1 Å². The molecule has 0 N–H and O–H groups in total. The zero-order chi connectivity index (χ0) is 24.6. The summed E-state index contributed by atoms with van der Waals surface area (Å²) in [6.45, 7) is 2.08. The van der Waals surface area contributed by atoms with Crippen molar-refractivity contribution in [3.8, 4) is 22.6 Å². The second kappa shape index (κ2) is 11.5. The van der Waals surface area contributed by atoms with E-state index >= 15 is 0 Å². The number of hydrogen-bond acceptors (Lipinski definition) is 5. The van der Waals surface area contributed by atoms with Crippen molar-refractivity contribution in [2.24, 2.45) is 0 Å². The van der Waals surface area contributed by atoms with E-state index in [1.807, 2.05) is 36.4 Å². The van der Waals surface area contributed by atoms with Gasteiger partial charge in [-0.25, -0.2) is 4.79 Å². The quantitative estimate of drug-likeness (QED) is 0.136. The van der Waals surface area contributed by atoms with E-state index in [-0.39, 0.29) is 12.4 Å². The Morgan fingerprint density at radius 3 is 2.40 bits per heavy atom. The maximum atomic E-state index is 12.7. The molecular formula is C30H30O5. The Morgan fingerprint density at radius 2 is 1.69 bits per heavy atom. The first-order chi connectivity index (χ1) is 17.1. The summed E-state index contributed by atoms with van der Waals surface area (Å²) in [5.74, 6) is 1.13. The minimum atomic E-state index is -0.424. The Labute approximate surface area is 205 Å². The van der Waals surface area contributed by atoms with E-state index in [1.54, 1.807) is 37.4 Å². The number of ether oxygens (including phenoxy) is 2. The van der Waals surface area contributed by atoms with Gasteiger partial charge in [0.05, 0.1) is 7.11 Å². The van der Waals surface area contributed by atoms with Crippen LogP contribution in [0.15, 0.2) is 82.0 Å². The molecule has 0 radical (unpaired) electrons. The molecule has 0 bridgehead atoms. The summed E-state index contributed by atoms with van der Waals surface area (Å²) in [5.41, 5.74) is 3.35. The first-order valence-electron chi connectivity index (χ1n) is 12.0. The lowest BCUT2D eigenvalue weighted by molar-refractivity contribution is 0.0921. The summed E-state index contributed by atoms with van der Waals surface area (Å²) in [4.78, 5) is 25.1. The SMILES string of the molecule is CCCCCCc1cc2c(-c3ccccc3)cc(=O)oc2cc1OCC(=O)c1ccc(OC)cc1. The number of aryl methyl sites for hydroxylation is 1. The molecule has 0 atom stereocenters. The van der Waals surface area contributed by atoms with E-state index in [9.17, 15) is 9.59 Å². The number of rotatable bonds is 11. The van der Waals surface area contributed by atoms with Gasteiger partial charge in [0.25, 0.3) is 0 Å². The lowest BCUT2D eigenvalue weighted by atomic mass is 9.98. The summed E-state index contributed by atoms with van der Waals surface area (Å²) < 4.78 is 16.7. The summed E-state index contributed by atoms with van der Waals surface area (Å²) >= 11 is 0. The van der Waals surface area contributed by atoms with E-state index in [2.05, 4.69) is 6.92 Å². The summed E-state index contributed by atoms with van der Waals surface area (Å²) in [6, 6.07) is 22.1. The van der Waals surface area contributed by atoms with Crippen LogP contribution >= 0.6 is 0 Å². The van der Waals surface area contributed by atoms with E-state index in [1.165, 1.54) is 12.5 Å². The van der Waals surface area contributed by atoms with Gasteiger partial charge >= 0.3 is 5.63 Å². The molecule has 1 aromatic heterocycles. The standard InChI is InChI=1S/C30H30O5/c1-3-4-5-7-12-23-17-26-25(21-10-8-6-9-11-21)18-30(32)35-29(26)19-28(23)34-20-27(31)22-13-15-24(33-2)16-14-22/h6,8-11,13-19H,3-5,7,12,20H2,1-2H3. The molecule has 4 aromatic rings. The number of ketones is 1. The molecule has 3 aromatic carbocycles. The van der Waals surface area contributed by atoms with Gasteiger partial charge in [-0.2, -0.15) is 0 Å². The van der Waals surface area contributed by atoms with E-state index in [0.29, 0.717) is 22.6 Å². The lowest BCUT2D eigenvalue weighted by Crippen LogP contribution is -2.12.